The number of benzene rings is 1. The van der Waals surface area contributed by atoms with Gasteiger partial charge < -0.3 is 0 Å². The van der Waals surface area contributed by atoms with Crippen molar-refractivity contribution in [3.8, 4) is 0 Å². The third-order valence-electron chi connectivity index (χ3n) is 2.13. The summed E-state index contributed by atoms with van der Waals surface area (Å²) < 4.78 is 16.8. The Hall–Kier alpha value is -0.110. The van der Waals surface area contributed by atoms with E-state index in [9.17, 15) is 0 Å². The van der Waals surface area contributed by atoms with Crippen LogP contribution in [0.2, 0.25) is 13.1 Å². The Balaban J connectivity index is -0.000000113. The summed E-state index contributed by atoms with van der Waals surface area (Å²) >= 11 is 0. The fraction of sp³-hybridized carbons (Fsp3) is 0.188. The van der Waals surface area contributed by atoms with Gasteiger partial charge in [0.1, 0.15) is 0 Å². The number of allylic oxidation sites excluding steroid dienone is 4. The SMILES string of the molecule is C[Si]C.Cl.Cl.O=[PH]=O.[C-]1=CC=CC1.[Zr+2].c1ccc2[cH-]ccc2c1. The second-order valence-electron chi connectivity index (χ2n) is 3.74. The first kappa shape index (κ1) is 30.7. The van der Waals surface area contributed by atoms with Crippen LogP contribution < -0.4 is 0 Å². The first-order valence-corrected chi connectivity index (χ1v) is 9.01. The smallest absolute Gasteiger partial charge is 0.273 e. The van der Waals surface area contributed by atoms with Crippen molar-refractivity contribution < 1.29 is 35.3 Å². The van der Waals surface area contributed by atoms with Crippen LogP contribution in [0, 0.1) is 6.08 Å². The average Bonchev–Trinajstić information content (AvgIpc) is 3.15. The average molecular weight is 467 g/mol. The number of fused-ring (bicyclic) bond motifs is 1. The maximum absolute atomic E-state index is 8.40. The molecule has 2 radical (unpaired) electrons. The molecule has 1 aliphatic rings. The van der Waals surface area contributed by atoms with E-state index in [1.165, 1.54) is 10.8 Å². The number of rotatable bonds is 0. The molecular formula is C16H21Cl2O2PSiZr. The second-order valence-corrected chi connectivity index (χ2v) is 4.91. The maximum atomic E-state index is 8.40. The molecule has 0 aliphatic heterocycles. The van der Waals surface area contributed by atoms with Crippen LogP contribution in [-0.2, 0) is 35.3 Å². The Morgan fingerprint density at radius 3 is 2.09 bits per heavy atom. The van der Waals surface area contributed by atoms with E-state index in [-0.39, 0.29) is 51.0 Å². The molecule has 23 heavy (non-hydrogen) atoms. The van der Waals surface area contributed by atoms with Crippen molar-refractivity contribution in [1.29, 1.82) is 0 Å². The molecule has 1 aliphatic carbocycles. The van der Waals surface area contributed by atoms with Crippen molar-refractivity contribution in [1.82, 2.24) is 0 Å². The molecule has 3 rings (SSSR count). The molecule has 2 nitrogen and oxygen atoms in total. The van der Waals surface area contributed by atoms with Crippen LogP contribution in [0.5, 0.6) is 0 Å². The molecule has 0 bridgehead atoms. The van der Waals surface area contributed by atoms with Crippen LogP contribution in [0.25, 0.3) is 10.8 Å². The molecule has 0 spiro atoms. The summed E-state index contributed by atoms with van der Waals surface area (Å²) in [7, 11) is -0.333. The first-order valence-electron chi connectivity index (χ1n) is 6.20. The van der Waals surface area contributed by atoms with Gasteiger partial charge in [0.2, 0.25) is 0 Å². The molecule has 2 aromatic rings. The predicted octanol–water partition coefficient (Wildman–Crippen LogP) is 5.85. The van der Waals surface area contributed by atoms with Crippen molar-refractivity contribution in [2.45, 2.75) is 19.5 Å². The molecule has 0 saturated heterocycles. The van der Waals surface area contributed by atoms with Crippen LogP contribution in [0.3, 0.4) is 0 Å². The second kappa shape index (κ2) is 24.1. The van der Waals surface area contributed by atoms with Gasteiger partial charge in [-0.3, -0.25) is 6.08 Å². The topological polar surface area (TPSA) is 34.1 Å². The normalized spacial score (nSPS) is 9.13. The minimum atomic E-state index is -1.42. The summed E-state index contributed by atoms with van der Waals surface area (Å²) in [6, 6.07) is 14.7. The van der Waals surface area contributed by atoms with Gasteiger partial charge in [-0.15, -0.1) is 60.9 Å². The van der Waals surface area contributed by atoms with E-state index in [4.69, 9.17) is 9.13 Å². The molecule has 2 aromatic carbocycles. The molecule has 0 aromatic heterocycles. The molecule has 7 heteroatoms. The van der Waals surface area contributed by atoms with E-state index < -0.39 is 8.34 Å². The van der Waals surface area contributed by atoms with Crippen molar-refractivity contribution in [3.05, 3.63) is 66.8 Å². The fourth-order valence-electron chi connectivity index (χ4n) is 1.41. The van der Waals surface area contributed by atoms with Gasteiger partial charge in [0.25, 0.3) is 0 Å². The van der Waals surface area contributed by atoms with E-state index in [2.05, 4.69) is 67.7 Å². The fourth-order valence-corrected chi connectivity index (χ4v) is 1.41. The minimum absolute atomic E-state index is 0. The van der Waals surface area contributed by atoms with E-state index in [1.807, 2.05) is 12.2 Å². The third kappa shape index (κ3) is 18.1. The monoisotopic (exact) mass is 464 g/mol. The summed E-state index contributed by atoms with van der Waals surface area (Å²) in [5.74, 6) is 0. The summed E-state index contributed by atoms with van der Waals surface area (Å²) in [4.78, 5) is 0. The molecule has 0 heterocycles. The Morgan fingerprint density at radius 2 is 1.70 bits per heavy atom. The predicted molar refractivity (Wildman–Crippen MR) is 103 cm³/mol. The Labute approximate surface area is 174 Å². The molecule has 124 valence electrons. The van der Waals surface area contributed by atoms with Gasteiger partial charge in [0.15, 0.2) is 0 Å². The van der Waals surface area contributed by atoms with Gasteiger partial charge in [-0.1, -0.05) is 19.2 Å². The van der Waals surface area contributed by atoms with Crippen LogP contribution in [0.1, 0.15) is 6.42 Å². The van der Waals surface area contributed by atoms with Crippen LogP contribution in [-0.4, -0.2) is 9.52 Å². The van der Waals surface area contributed by atoms with Crippen LogP contribution >= 0.6 is 33.2 Å². The van der Waals surface area contributed by atoms with Gasteiger partial charge in [-0.05, 0) is 0 Å². The van der Waals surface area contributed by atoms with Crippen molar-refractivity contribution in [2.75, 3.05) is 0 Å². The summed E-state index contributed by atoms with van der Waals surface area (Å²) in [5.41, 5.74) is 0. The Morgan fingerprint density at radius 1 is 1.13 bits per heavy atom. The van der Waals surface area contributed by atoms with Crippen molar-refractivity contribution in [2.24, 2.45) is 0 Å². The number of hydrogen-bond donors (Lipinski definition) is 0. The molecule has 0 amide bonds. The number of halogens is 2. The molecule has 0 unspecified atom stereocenters. The first-order chi connectivity index (χ1) is 9.79. The third-order valence-corrected chi connectivity index (χ3v) is 2.13. The molecule has 0 atom stereocenters. The molecule has 0 saturated carbocycles. The largest absolute Gasteiger partial charge is 2.00 e. The zero-order chi connectivity index (χ0) is 15.1. The Kier molecular flexibility index (Phi) is 32.3. The van der Waals surface area contributed by atoms with E-state index in [0.29, 0.717) is 0 Å². The van der Waals surface area contributed by atoms with E-state index in [1.54, 1.807) is 0 Å². The van der Waals surface area contributed by atoms with Gasteiger partial charge in [0.05, 0.1) is 0 Å². The van der Waals surface area contributed by atoms with Crippen LogP contribution in [0.4, 0.5) is 0 Å². The zero-order valence-electron chi connectivity index (χ0n) is 13.1. The van der Waals surface area contributed by atoms with Gasteiger partial charge in [-0.2, -0.15) is 23.6 Å². The molecule has 0 N–H and O–H groups in total. The maximum Gasteiger partial charge on any atom is 2.00 e. The van der Waals surface area contributed by atoms with Gasteiger partial charge >= 0.3 is 34.5 Å². The summed E-state index contributed by atoms with van der Waals surface area (Å²) in [6.07, 6.45) is 10.0. The van der Waals surface area contributed by atoms with Crippen molar-refractivity contribution in [3.63, 3.8) is 0 Å². The van der Waals surface area contributed by atoms with Crippen molar-refractivity contribution >= 4 is 53.4 Å². The standard InChI is InChI=1S/C9H7.C5H5.C2H6Si.2ClH.HO2P.Zr/c1-2-5-9-7-3-6-8(9)4-1;1-2-4-5-3-1;1-3-2;;;1-3-2;/h1-7H;1-3H,4H2;1-2H3;2*1H;3H;/q2*-1;;;;;+2. The minimum Gasteiger partial charge on any atom is -0.273 e. The molecule has 0 fully saturated rings. The van der Waals surface area contributed by atoms with E-state index in [0.717, 1.165) is 15.9 Å². The quantitative estimate of drug-likeness (QED) is 0.277. The number of hydrogen-bond acceptors (Lipinski definition) is 2. The zero-order valence-corrected chi connectivity index (χ0v) is 19.2. The summed E-state index contributed by atoms with van der Waals surface area (Å²) in [6.45, 7) is 4.31. The van der Waals surface area contributed by atoms with Crippen LogP contribution in [0.15, 0.2) is 60.7 Å². The Bertz CT molecular complexity index is 528. The van der Waals surface area contributed by atoms with E-state index >= 15 is 0 Å². The van der Waals surface area contributed by atoms with Gasteiger partial charge in [0, 0.05) is 9.52 Å². The summed E-state index contributed by atoms with van der Waals surface area (Å²) in [5, 5.41) is 2.66. The molecular weight excluding hydrogens is 445 g/mol. The van der Waals surface area contributed by atoms with Gasteiger partial charge in [-0.25, -0.2) is 21.3 Å².